The first-order chi connectivity index (χ1) is 13.4. The second-order valence-corrected chi connectivity index (χ2v) is 6.32. The van der Waals surface area contributed by atoms with E-state index in [9.17, 15) is 20.0 Å². The number of aliphatic hydroxyl groups is 1. The van der Waals surface area contributed by atoms with Gasteiger partial charge in [0.1, 0.15) is 29.5 Å². The zero-order valence-electron chi connectivity index (χ0n) is 16.0. The monoisotopic (exact) mass is 392 g/mol. The molecule has 1 aromatic carbocycles. The van der Waals surface area contributed by atoms with Crippen LogP contribution in [0.3, 0.4) is 0 Å². The van der Waals surface area contributed by atoms with Gasteiger partial charge in [-0.05, 0) is 18.9 Å². The molecule has 0 saturated carbocycles. The Morgan fingerprint density at radius 1 is 1.46 bits per heavy atom. The summed E-state index contributed by atoms with van der Waals surface area (Å²) in [7, 11) is 1.43. The molecule has 28 heavy (non-hydrogen) atoms. The number of fused-ring (bicyclic) bond motifs is 1. The van der Waals surface area contributed by atoms with Crippen molar-refractivity contribution in [3.63, 3.8) is 0 Å². The second-order valence-electron chi connectivity index (χ2n) is 6.32. The van der Waals surface area contributed by atoms with Crippen LogP contribution in [0.1, 0.15) is 38.3 Å². The van der Waals surface area contributed by atoms with Crippen LogP contribution in [0, 0.1) is 10.1 Å². The Morgan fingerprint density at radius 3 is 2.75 bits per heavy atom. The molecule has 152 valence electrons. The van der Waals surface area contributed by atoms with Crippen molar-refractivity contribution in [3.8, 4) is 5.75 Å². The van der Waals surface area contributed by atoms with Crippen LogP contribution in [-0.4, -0.2) is 41.3 Å². The minimum Gasteiger partial charge on any atom is -0.497 e. The Balaban J connectivity index is 2.38. The molecular weight excluding hydrogens is 368 g/mol. The Morgan fingerprint density at radius 2 is 2.18 bits per heavy atom. The standard InChI is InChI=1S/C19H24N2O7/c1-4-19(5-2)18(23)17(20-11-14(26-3)12-27-9-8-22)15-10-13(21(24)25)6-7-16(15)28-19/h6-7,9-10,12,17-18,20,23H,4-5,11H2,1-3H3/t17-,18+/m0/s1. The van der Waals surface area contributed by atoms with Crippen LogP contribution < -0.4 is 10.1 Å². The third kappa shape index (κ3) is 4.33. The summed E-state index contributed by atoms with van der Waals surface area (Å²) >= 11 is 0. The maximum absolute atomic E-state index is 11.2. The predicted octanol–water partition coefficient (Wildman–Crippen LogP) is 2.39. The number of ether oxygens (including phenoxy) is 3. The Hall–Kier alpha value is -2.87. The van der Waals surface area contributed by atoms with Crippen LogP contribution in [0.15, 0.2) is 36.5 Å². The lowest BCUT2D eigenvalue weighted by Gasteiger charge is -2.45. The average Bonchev–Trinajstić information content (AvgIpc) is 2.71. The Kier molecular flexibility index (Phi) is 7.17. The Bertz CT molecular complexity index is 782. The molecular formula is C19H24N2O7. The fraction of sp³-hybridized carbons (Fsp3) is 0.474. The summed E-state index contributed by atoms with van der Waals surface area (Å²) < 4.78 is 16.1. The van der Waals surface area contributed by atoms with Crippen molar-refractivity contribution in [2.24, 2.45) is 0 Å². The van der Waals surface area contributed by atoms with Gasteiger partial charge in [0.05, 0.1) is 24.6 Å². The fourth-order valence-electron chi connectivity index (χ4n) is 3.28. The fourth-order valence-corrected chi connectivity index (χ4v) is 3.28. The number of rotatable bonds is 9. The van der Waals surface area contributed by atoms with E-state index in [-0.39, 0.29) is 12.2 Å². The summed E-state index contributed by atoms with van der Waals surface area (Å²) in [5.74, 6) is 2.32. The molecule has 0 aromatic heterocycles. The van der Waals surface area contributed by atoms with Gasteiger partial charge in [0.25, 0.3) is 5.69 Å². The van der Waals surface area contributed by atoms with E-state index in [4.69, 9.17) is 14.2 Å². The second kappa shape index (κ2) is 9.36. The largest absolute Gasteiger partial charge is 0.497 e. The summed E-state index contributed by atoms with van der Waals surface area (Å²) in [4.78, 5) is 20.9. The van der Waals surface area contributed by atoms with E-state index >= 15 is 0 Å². The normalized spacial score (nSPS) is 20.4. The first-order valence-electron chi connectivity index (χ1n) is 8.89. The molecule has 0 bridgehead atoms. The van der Waals surface area contributed by atoms with Gasteiger partial charge in [0, 0.05) is 17.7 Å². The van der Waals surface area contributed by atoms with Crippen LogP contribution in [0.5, 0.6) is 5.75 Å². The van der Waals surface area contributed by atoms with Crippen molar-refractivity contribution in [1.29, 1.82) is 0 Å². The van der Waals surface area contributed by atoms with Crippen LogP contribution >= 0.6 is 0 Å². The van der Waals surface area contributed by atoms with Gasteiger partial charge in [-0.3, -0.25) is 10.1 Å². The number of nitro benzene ring substituents is 1. The average molecular weight is 392 g/mol. The molecule has 1 aromatic rings. The number of aliphatic hydroxyl groups excluding tert-OH is 1. The van der Waals surface area contributed by atoms with Crippen LogP contribution in [-0.2, 0) is 14.3 Å². The molecule has 1 aliphatic heterocycles. The molecule has 0 spiro atoms. The smallest absolute Gasteiger partial charge is 0.270 e. The van der Waals surface area contributed by atoms with E-state index in [1.54, 1.807) is 6.07 Å². The van der Waals surface area contributed by atoms with Gasteiger partial charge in [-0.25, -0.2) is 4.79 Å². The number of nitrogens with zero attached hydrogens (tertiary/aromatic N) is 1. The highest BCUT2D eigenvalue weighted by Crippen LogP contribution is 2.44. The third-order valence-electron chi connectivity index (χ3n) is 4.98. The molecule has 2 rings (SSSR count). The molecule has 0 aliphatic carbocycles. The zero-order chi connectivity index (χ0) is 20.7. The number of hydrogen-bond acceptors (Lipinski definition) is 8. The predicted molar refractivity (Wildman–Crippen MR) is 100 cm³/mol. The molecule has 1 aliphatic rings. The van der Waals surface area contributed by atoms with Gasteiger partial charge in [-0.15, -0.1) is 0 Å². The van der Waals surface area contributed by atoms with Crippen LogP contribution in [0.25, 0.3) is 0 Å². The van der Waals surface area contributed by atoms with E-state index < -0.39 is 22.7 Å². The van der Waals surface area contributed by atoms with Crippen LogP contribution in [0.2, 0.25) is 0 Å². The van der Waals surface area contributed by atoms with Gasteiger partial charge < -0.3 is 24.6 Å². The maximum atomic E-state index is 11.2. The minimum absolute atomic E-state index is 0.0937. The van der Waals surface area contributed by atoms with E-state index in [0.29, 0.717) is 29.9 Å². The van der Waals surface area contributed by atoms with E-state index in [2.05, 4.69) is 5.32 Å². The van der Waals surface area contributed by atoms with Crippen molar-refractivity contribution in [2.75, 3.05) is 13.7 Å². The highest BCUT2D eigenvalue weighted by molar-refractivity contribution is 5.48. The highest BCUT2D eigenvalue weighted by Gasteiger charge is 2.47. The summed E-state index contributed by atoms with van der Waals surface area (Å²) in [5.41, 5.74) is -0.429. The van der Waals surface area contributed by atoms with Crippen LogP contribution in [0.4, 0.5) is 5.69 Å². The topological polar surface area (TPSA) is 120 Å². The van der Waals surface area contributed by atoms with Gasteiger partial charge in [-0.2, -0.15) is 0 Å². The molecule has 2 N–H and O–H groups in total. The molecule has 0 saturated heterocycles. The number of hydrogen-bond donors (Lipinski definition) is 2. The number of nitrogens with one attached hydrogen (secondary N) is 1. The van der Waals surface area contributed by atoms with Crippen molar-refractivity contribution in [1.82, 2.24) is 5.32 Å². The molecule has 0 unspecified atom stereocenters. The van der Waals surface area contributed by atoms with E-state index in [1.165, 1.54) is 31.4 Å². The maximum Gasteiger partial charge on any atom is 0.270 e. The third-order valence-corrected chi connectivity index (χ3v) is 4.98. The minimum atomic E-state index is -0.953. The highest BCUT2D eigenvalue weighted by atomic mass is 16.6. The molecule has 0 amide bonds. The summed E-state index contributed by atoms with van der Waals surface area (Å²) in [5, 5.41) is 25.4. The first-order valence-corrected chi connectivity index (χ1v) is 8.89. The lowest BCUT2D eigenvalue weighted by atomic mass is 9.80. The van der Waals surface area contributed by atoms with E-state index in [0.717, 1.165) is 6.26 Å². The number of carbonyl (C=O) groups excluding carboxylic acids is 1. The summed E-state index contributed by atoms with van der Waals surface area (Å²) in [6.07, 6.45) is 2.22. The quantitative estimate of drug-likeness (QED) is 0.284. The van der Waals surface area contributed by atoms with Crippen molar-refractivity contribution in [2.45, 2.75) is 44.4 Å². The van der Waals surface area contributed by atoms with Crippen molar-refractivity contribution in [3.05, 3.63) is 52.2 Å². The SMILES string of the molecule is CCC1(CC)Oc2ccc([N+](=O)[O-])cc2[C@H](NCC(=COC=C=O)OC)[C@H]1O. The molecule has 2 atom stereocenters. The summed E-state index contributed by atoms with van der Waals surface area (Å²) in [6.45, 7) is 3.98. The van der Waals surface area contributed by atoms with Gasteiger partial charge in [-0.1, -0.05) is 13.8 Å². The number of methoxy groups -OCH3 is 1. The Labute approximate surface area is 162 Å². The molecule has 0 fully saturated rings. The lowest BCUT2D eigenvalue weighted by Crippen LogP contribution is -2.55. The molecule has 1 heterocycles. The van der Waals surface area contributed by atoms with Gasteiger partial charge in [0.15, 0.2) is 12.2 Å². The molecule has 9 heteroatoms. The lowest BCUT2D eigenvalue weighted by molar-refractivity contribution is -0.385. The zero-order valence-corrected chi connectivity index (χ0v) is 16.0. The van der Waals surface area contributed by atoms with Gasteiger partial charge >= 0.3 is 0 Å². The number of nitro groups is 1. The van der Waals surface area contributed by atoms with E-state index in [1.807, 2.05) is 13.8 Å². The van der Waals surface area contributed by atoms with Gasteiger partial charge in [0.2, 0.25) is 0 Å². The first kappa shape index (κ1) is 21.4. The summed E-state index contributed by atoms with van der Waals surface area (Å²) in [6, 6.07) is 3.69. The molecule has 9 nitrogen and oxygen atoms in total. The number of benzene rings is 1. The van der Waals surface area contributed by atoms with Crippen molar-refractivity contribution < 1.29 is 29.0 Å². The number of non-ortho nitro benzene ring substituents is 1. The van der Waals surface area contributed by atoms with Crippen molar-refractivity contribution >= 4 is 11.6 Å². The molecule has 0 radical (unpaired) electrons.